The number of nitrogens with zero attached hydrogens (tertiary/aromatic N) is 1. The van der Waals surface area contributed by atoms with Crippen molar-refractivity contribution in [2.24, 2.45) is 5.41 Å². The molecule has 0 unspecified atom stereocenters. The summed E-state index contributed by atoms with van der Waals surface area (Å²) in [5.41, 5.74) is -0.0495. The highest BCUT2D eigenvalue weighted by molar-refractivity contribution is 5.69. The molecule has 0 atom stereocenters. The quantitative estimate of drug-likeness (QED) is 0.688. The second kappa shape index (κ2) is 3.62. The topological polar surface area (TPSA) is 38.8 Å². The maximum atomic E-state index is 11.7. The lowest BCUT2D eigenvalue weighted by Crippen LogP contribution is -2.65. The SMILES string of the molecule is COC1CC2(C1)CN(C(=O)OC(C)(C)C)C2. The van der Waals surface area contributed by atoms with Crippen molar-refractivity contribution in [3.63, 3.8) is 0 Å². The number of methoxy groups -OCH3 is 1. The molecule has 1 spiro atoms. The summed E-state index contributed by atoms with van der Waals surface area (Å²) in [6.45, 7) is 7.35. The largest absolute Gasteiger partial charge is 0.444 e. The van der Waals surface area contributed by atoms with Crippen LogP contribution in [0.25, 0.3) is 0 Å². The van der Waals surface area contributed by atoms with Crippen molar-refractivity contribution in [1.29, 1.82) is 0 Å². The van der Waals surface area contributed by atoms with E-state index in [9.17, 15) is 4.79 Å². The van der Waals surface area contributed by atoms with Gasteiger partial charge in [0, 0.05) is 25.6 Å². The summed E-state index contributed by atoms with van der Waals surface area (Å²) < 4.78 is 10.6. The highest BCUT2D eigenvalue weighted by Gasteiger charge is 2.54. The van der Waals surface area contributed by atoms with Gasteiger partial charge in [-0.05, 0) is 33.6 Å². The van der Waals surface area contributed by atoms with Crippen LogP contribution in [0.3, 0.4) is 0 Å². The summed E-state index contributed by atoms with van der Waals surface area (Å²) in [5, 5.41) is 0. The van der Waals surface area contributed by atoms with E-state index in [4.69, 9.17) is 9.47 Å². The molecule has 0 aromatic rings. The molecule has 16 heavy (non-hydrogen) atoms. The fraction of sp³-hybridized carbons (Fsp3) is 0.917. The maximum Gasteiger partial charge on any atom is 0.410 e. The average molecular weight is 227 g/mol. The molecule has 92 valence electrons. The molecule has 1 aliphatic carbocycles. The fourth-order valence-corrected chi connectivity index (χ4v) is 2.55. The van der Waals surface area contributed by atoms with E-state index in [0.29, 0.717) is 11.5 Å². The highest BCUT2D eigenvalue weighted by atomic mass is 16.6. The summed E-state index contributed by atoms with van der Waals surface area (Å²) in [6.07, 6.45) is 2.39. The Kier molecular flexibility index (Phi) is 2.65. The minimum Gasteiger partial charge on any atom is -0.444 e. The molecule has 1 saturated carbocycles. The van der Waals surface area contributed by atoms with E-state index >= 15 is 0 Å². The Labute approximate surface area is 96.9 Å². The summed E-state index contributed by atoms with van der Waals surface area (Å²) in [5.74, 6) is 0. The Bertz CT molecular complexity index is 281. The molecule has 4 nitrogen and oxygen atoms in total. The first kappa shape index (κ1) is 11.7. The Balaban J connectivity index is 1.75. The molecule has 4 heteroatoms. The molecule has 1 aliphatic heterocycles. The molecule has 1 amide bonds. The van der Waals surface area contributed by atoms with E-state index in [1.807, 2.05) is 20.8 Å². The number of hydrogen-bond donors (Lipinski definition) is 0. The molecule has 0 bridgehead atoms. The number of ether oxygens (including phenoxy) is 2. The molecule has 1 saturated heterocycles. The van der Waals surface area contributed by atoms with Gasteiger partial charge in [0.2, 0.25) is 0 Å². The number of amides is 1. The van der Waals surface area contributed by atoms with Gasteiger partial charge in [0.25, 0.3) is 0 Å². The first-order valence-electron chi connectivity index (χ1n) is 5.84. The summed E-state index contributed by atoms with van der Waals surface area (Å²) in [6, 6.07) is 0. The van der Waals surface area contributed by atoms with Crippen LogP contribution in [0.5, 0.6) is 0 Å². The van der Waals surface area contributed by atoms with Crippen LogP contribution < -0.4 is 0 Å². The van der Waals surface area contributed by atoms with Gasteiger partial charge in [0.05, 0.1) is 6.10 Å². The average Bonchev–Trinajstić information content (AvgIpc) is 1.95. The lowest BCUT2D eigenvalue weighted by molar-refractivity contribution is -0.136. The third-order valence-electron chi connectivity index (χ3n) is 3.36. The highest BCUT2D eigenvalue weighted by Crippen LogP contribution is 2.49. The minimum atomic E-state index is -0.394. The van der Waals surface area contributed by atoms with Gasteiger partial charge >= 0.3 is 6.09 Å². The molecular formula is C12H21NO3. The van der Waals surface area contributed by atoms with E-state index < -0.39 is 5.60 Å². The predicted molar refractivity (Wildman–Crippen MR) is 60.3 cm³/mol. The fourth-order valence-electron chi connectivity index (χ4n) is 2.55. The Hall–Kier alpha value is -0.770. The Morgan fingerprint density at radius 1 is 1.31 bits per heavy atom. The second-order valence-electron chi connectivity index (χ2n) is 6.10. The summed E-state index contributed by atoms with van der Waals surface area (Å²) in [7, 11) is 1.75. The lowest BCUT2D eigenvalue weighted by atomic mass is 9.62. The standard InChI is InChI=1S/C12H21NO3/c1-11(2,3)16-10(14)13-7-12(8-13)5-9(6-12)15-4/h9H,5-8H2,1-4H3. The Morgan fingerprint density at radius 3 is 2.31 bits per heavy atom. The first-order valence-corrected chi connectivity index (χ1v) is 5.84. The molecule has 0 aromatic carbocycles. The first-order chi connectivity index (χ1) is 7.34. The van der Waals surface area contributed by atoms with Crippen molar-refractivity contribution in [2.75, 3.05) is 20.2 Å². The van der Waals surface area contributed by atoms with E-state index in [0.717, 1.165) is 25.9 Å². The van der Waals surface area contributed by atoms with Crippen LogP contribution in [0, 0.1) is 5.41 Å². The number of rotatable bonds is 1. The van der Waals surface area contributed by atoms with Gasteiger partial charge in [-0.3, -0.25) is 0 Å². The van der Waals surface area contributed by atoms with Gasteiger partial charge in [-0.2, -0.15) is 0 Å². The smallest absolute Gasteiger partial charge is 0.410 e. The van der Waals surface area contributed by atoms with Crippen molar-refractivity contribution in [3.05, 3.63) is 0 Å². The van der Waals surface area contributed by atoms with Crippen LogP contribution >= 0.6 is 0 Å². The molecule has 2 aliphatic rings. The number of carbonyl (C=O) groups is 1. The molecule has 2 rings (SSSR count). The molecule has 0 radical (unpaired) electrons. The van der Waals surface area contributed by atoms with E-state index in [-0.39, 0.29) is 6.09 Å². The van der Waals surface area contributed by atoms with E-state index in [2.05, 4.69) is 0 Å². The van der Waals surface area contributed by atoms with E-state index in [1.54, 1.807) is 12.0 Å². The third kappa shape index (κ3) is 2.17. The van der Waals surface area contributed by atoms with Crippen LogP contribution in [0.15, 0.2) is 0 Å². The zero-order valence-electron chi connectivity index (χ0n) is 10.6. The Morgan fingerprint density at radius 2 is 1.88 bits per heavy atom. The van der Waals surface area contributed by atoms with Crippen molar-refractivity contribution in [2.45, 2.75) is 45.3 Å². The zero-order valence-corrected chi connectivity index (χ0v) is 10.6. The summed E-state index contributed by atoms with van der Waals surface area (Å²) in [4.78, 5) is 13.5. The maximum absolute atomic E-state index is 11.7. The summed E-state index contributed by atoms with van der Waals surface area (Å²) >= 11 is 0. The second-order valence-corrected chi connectivity index (χ2v) is 6.10. The molecule has 0 aromatic heterocycles. The van der Waals surface area contributed by atoms with Crippen molar-refractivity contribution < 1.29 is 14.3 Å². The molecule has 0 N–H and O–H groups in total. The predicted octanol–water partition coefficient (Wildman–Crippen LogP) is 2.03. The molecular weight excluding hydrogens is 206 g/mol. The number of hydrogen-bond acceptors (Lipinski definition) is 3. The van der Waals surface area contributed by atoms with Gasteiger partial charge in [-0.25, -0.2) is 4.79 Å². The molecule has 1 heterocycles. The van der Waals surface area contributed by atoms with E-state index in [1.165, 1.54) is 0 Å². The van der Waals surface area contributed by atoms with Crippen LogP contribution in [-0.2, 0) is 9.47 Å². The van der Waals surface area contributed by atoms with Gasteiger partial charge in [-0.1, -0.05) is 0 Å². The van der Waals surface area contributed by atoms with Crippen molar-refractivity contribution in [1.82, 2.24) is 4.90 Å². The minimum absolute atomic E-state index is 0.181. The van der Waals surface area contributed by atoms with Crippen molar-refractivity contribution in [3.8, 4) is 0 Å². The van der Waals surface area contributed by atoms with Gasteiger partial charge < -0.3 is 14.4 Å². The van der Waals surface area contributed by atoms with Gasteiger partial charge in [0.1, 0.15) is 5.60 Å². The number of likely N-dealkylation sites (tertiary alicyclic amines) is 1. The van der Waals surface area contributed by atoms with Gasteiger partial charge in [-0.15, -0.1) is 0 Å². The molecule has 2 fully saturated rings. The van der Waals surface area contributed by atoms with Crippen LogP contribution in [-0.4, -0.2) is 42.9 Å². The van der Waals surface area contributed by atoms with Crippen LogP contribution in [0.2, 0.25) is 0 Å². The number of carbonyl (C=O) groups excluding carboxylic acids is 1. The van der Waals surface area contributed by atoms with Crippen molar-refractivity contribution >= 4 is 6.09 Å². The van der Waals surface area contributed by atoms with Gasteiger partial charge in [0.15, 0.2) is 0 Å². The van der Waals surface area contributed by atoms with Crippen LogP contribution in [0.4, 0.5) is 4.79 Å². The third-order valence-corrected chi connectivity index (χ3v) is 3.36. The normalized spacial score (nSPS) is 23.9. The van der Waals surface area contributed by atoms with Crippen LogP contribution in [0.1, 0.15) is 33.6 Å². The monoisotopic (exact) mass is 227 g/mol. The lowest BCUT2D eigenvalue weighted by Gasteiger charge is -2.58. The zero-order chi connectivity index (χ0) is 12.0.